The fraction of sp³-hybridized carbons (Fsp3) is 0.833. The van der Waals surface area contributed by atoms with Crippen molar-refractivity contribution >= 4 is 11.9 Å². The first-order valence-electron chi connectivity index (χ1n) is 6.08. The van der Waals surface area contributed by atoms with Gasteiger partial charge in [-0.2, -0.15) is 0 Å². The zero-order valence-corrected chi connectivity index (χ0v) is 9.61. The van der Waals surface area contributed by atoms with E-state index in [0.29, 0.717) is 5.92 Å². The summed E-state index contributed by atoms with van der Waals surface area (Å²) in [5.74, 6) is 0.179. The van der Waals surface area contributed by atoms with Gasteiger partial charge >= 0.3 is 5.97 Å². The Kier molecular flexibility index (Phi) is 3.17. The Balaban J connectivity index is 1.78. The van der Waals surface area contributed by atoms with Crippen molar-refractivity contribution in [2.24, 2.45) is 23.7 Å². The number of carbonyl (C=O) groups is 2. The number of aliphatic carboxylic acids is 1. The van der Waals surface area contributed by atoms with E-state index in [9.17, 15) is 9.59 Å². The number of nitrogens with one attached hydrogen (secondary N) is 1. The van der Waals surface area contributed by atoms with Crippen LogP contribution in [0.4, 0.5) is 0 Å². The van der Waals surface area contributed by atoms with Gasteiger partial charge < -0.3 is 10.4 Å². The van der Waals surface area contributed by atoms with E-state index in [1.165, 1.54) is 19.3 Å². The van der Waals surface area contributed by atoms with E-state index in [4.69, 9.17) is 5.11 Å². The van der Waals surface area contributed by atoms with Crippen LogP contribution in [0.5, 0.6) is 0 Å². The van der Waals surface area contributed by atoms with Crippen LogP contribution in [-0.2, 0) is 9.59 Å². The third kappa shape index (κ3) is 2.20. The molecule has 2 N–H and O–H groups in total. The molecular formula is C12H19NO3. The zero-order valence-electron chi connectivity index (χ0n) is 9.61. The molecule has 2 bridgehead atoms. The van der Waals surface area contributed by atoms with E-state index in [2.05, 4.69) is 5.32 Å². The molecule has 4 nitrogen and oxygen atoms in total. The third-order valence-corrected chi connectivity index (χ3v) is 4.08. The Hall–Kier alpha value is -1.06. The van der Waals surface area contributed by atoms with Crippen molar-refractivity contribution < 1.29 is 14.7 Å². The molecule has 0 aromatic rings. The second-order valence-electron chi connectivity index (χ2n) is 5.27. The molecule has 90 valence electrons. The largest absolute Gasteiger partial charge is 0.481 e. The van der Waals surface area contributed by atoms with Crippen LogP contribution < -0.4 is 5.32 Å². The highest BCUT2D eigenvalue weighted by Crippen LogP contribution is 2.48. The van der Waals surface area contributed by atoms with Gasteiger partial charge in [0.1, 0.15) is 0 Å². The smallest absolute Gasteiger partial charge is 0.308 e. The Morgan fingerprint density at radius 1 is 1.38 bits per heavy atom. The van der Waals surface area contributed by atoms with E-state index >= 15 is 0 Å². The summed E-state index contributed by atoms with van der Waals surface area (Å²) in [5, 5.41) is 11.5. The number of rotatable bonds is 4. The van der Waals surface area contributed by atoms with Crippen LogP contribution in [0, 0.1) is 23.7 Å². The molecule has 0 aromatic carbocycles. The summed E-state index contributed by atoms with van der Waals surface area (Å²) in [5.41, 5.74) is 0. The van der Waals surface area contributed by atoms with Crippen molar-refractivity contribution in [2.75, 3.05) is 6.54 Å². The predicted octanol–water partition coefficient (Wildman–Crippen LogP) is 1.26. The van der Waals surface area contributed by atoms with Gasteiger partial charge in [0.2, 0.25) is 5.91 Å². The van der Waals surface area contributed by atoms with Gasteiger partial charge in [-0.3, -0.25) is 9.59 Å². The second kappa shape index (κ2) is 4.44. The Bertz CT molecular complexity index is 303. The lowest BCUT2D eigenvalue weighted by atomic mass is 9.88. The van der Waals surface area contributed by atoms with Gasteiger partial charge in [0, 0.05) is 12.5 Å². The summed E-state index contributed by atoms with van der Waals surface area (Å²) in [6.45, 7) is 1.87. The molecule has 0 unspecified atom stereocenters. The van der Waals surface area contributed by atoms with Crippen LogP contribution in [0.2, 0.25) is 0 Å². The molecule has 2 aliphatic carbocycles. The summed E-state index contributed by atoms with van der Waals surface area (Å²) in [6, 6.07) is 0. The predicted molar refractivity (Wildman–Crippen MR) is 58.7 cm³/mol. The van der Waals surface area contributed by atoms with E-state index in [1.807, 2.05) is 0 Å². The second-order valence-corrected chi connectivity index (χ2v) is 5.27. The summed E-state index contributed by atoms with van der Waals surface area (Å²) in [6.07, 6.45) is 4.67. The van der Waals surface area contributed by atoms with Gasteiger partial charge in [0.15, 0.2) is 0 Å². The molecule has 2 fully saturated rings. The van der Waals surface area contributed by atoms with Gasteiger partial charge in [-0.15, -0.1) is 0 Å². The van der Waals surface area contributed by atoms with Gasteiger partial charge in [-0.05, 0) is 31.1 Å². The first-order chi connectivity index (χ1) is 7.58. The third-order valence-electron chi connectivity index (χ3n) is 4.08. The fourth-order valence-corrected chi connectivity index (χ4v) is 3.04. The molecule has 0 radical (unpaired) electrons. The average molecular weight is 225 g/mol. The fourth-order valence-electron chi connectivity index (χ4n) is 3.04. The number of hydrogen-bond donors (Lipinski definition) is 2. The molecule has 1 amide bonds. The van der Waals surface area contributed by atoms with Gasteiger partial charge in [-0.25, -0.2) is 0 Å². The molecule has 0 aliphatic heterocycles. The molecule has 0 spiro atoms. The van der Waals surface area contributed by atoms with Crippen molar-refractivity contribution in [3.8, 4) is 0 Å². The van der Waals surface area contributed by atoms with E-state index < -0.39 is 11.9 Å². The minimum atomic E-state index is -0.853. The Morgan fingerprint density at radius 3 is 2.62 bits per heavy atom. The minimum Gasteiger partial charge on any atom is -0.481 e. The minimum absolute atomic E-state index is 0.0697. The lowest BCUT2D eigenvalue weighted by Gasteiger charge is -2.21. The molecule has 2 rings (SSSR count). The molecule has 0 saturated heterocycles. The number of carboxylic acids is 1. The lowest BCUT2D eigenvalue weighted by Crippen LogP contribution is -2.37. The molecule has 2 saturated carbocycles. The van der Waals surface area contributed by atoms with E-state index in [-0.39, 0.29) is 18.4 Å². The molecule has 2 aliphatic rings. The normalized spacial score (nSPS) is 33.7. The van der Waals surface area contributed by atoms with Gasteiger partial charge in [-0.1, -0.05) is 13.3 Å². The zero-order chi connectivity index (χ0) is 11.7. The van der Waals surface area contributed by atoms with E-state index in [0.717, 1.165) is 12.3 Å². The number of amides is 1. The number of carbonyl (C=O) groups excluding carboxylic acids is 1. The summed E-state index contributed by atoms with van der Waals surface area (Å²) in [4.78, 5) is 22.5. The molecule has 0 aromatic heterocycles. The van der Waals surface area contributed by atoms with Crippen LogP contribution in [0.3, 0.4) is 0 Å². The highest BCUT2D eigenvalue weighted by atomic mass is 16.4. The Labute approximate surface area is 95.4 Å². The average Bonchev–Trinajstić information content (AvgIpc) is 2.86. The standard InChI is InChI=1S/C12H19NO3/c1-7(12(15)16)6-13-11(14)10-5-8-2-3-9(10)4-8/h7-10H,2-6H2,1H3,(H,13,14)(H,15,16)/t7-,8-,9-,10+/m0/s1. The maximum absolute atomic E-state index is 11.9. The topological polar surface area (TPSA) is 66.4 Å². The van der Waals surface area contributed by atoms with Crippen LogP contribution in [0.15, 0.2) is 0 Å². The first-order valence-corrected chi connectivity index (χ1v) is 6.08. The summed E-state index contributed by atoms with van der Waals surface area (Å²) < 4.78 is 0. The van der Waals surface area contributed by atoms with E-state index in [1.54, 1.807) is 6.92 Å². The quantitative estimate of drug-likeness (QED) is 0.757. The molecular weight excluding hydrogens is 206 g/mol. The number of carboxylic acid groups (broad SMARTS) is 1. The monoisotopic (exact) mass is 225 g/mol. The highest BCUT2D eigenvalue weighted by molar-refractivity contribution is 5.80. The van der Waals surface area contributed by atoms with Crippen LogP contribution >= 0.6 is 0 Å². The van der Waals surface area contributed by atoms with Crippen LogP contribution in [0.1, 0.15) is 32.6 Å². The lowest BCUT2D eigenvalue weighted by molar-refractivity contribution is -0.141. The van der Waals surface area contributed by atoms with Crippen molar-refractivity contribution in [3.05, 3.63) is 0 Å². The van der Waals surface area contributed by atoms with Crippen molar-refractivity contribution in [2.45, 2.75) is 32.6 Å². The van der Waals surface area contributed by atoms with Crippen LogP contribution in [-0.4, -0.2) is 23.5 Å². The number of hydrogen-bond acceptors (Lipinski definition) is 2. The molecule has 16 heavy (non-hydrogen) atoms. The highest BCUT2D eigenvalue weighted by Gasteiger charge is 2.42. The summed E-state index contributed by atoms with van der Waals surface area (Å²) >= 11 is 0. The van der Waals surface area contributed by atoms with Crippen molar-refractivity contribution in [1.29, 1.82) is 0 Å². The maximum atomic E-state index is 11.9. The summed E-state index contributed by atoms with van der Waals surface area (Å²) in [7, 11) is 0. The SMILES string of the molecule is C[C@@H](CNC(=O)[C@@H]1C[C@H]2CC[C@H]1C2)C(=O)O. The van der Waals surface area contributed by atoms with Crippen LogP contribution in [0.25, 0.3) is 0 Å². The number of fused-ring (bicyclic) bond motifs is 2. The maximum Gasteiger partial charge on any atom is 0.308 e. The first kappa shape index (κ1) is 11.4. The van der Waals surface area contributed by atoms with Crippen molar-refractivity contribution in [3.63, 3.8) is 0 Å². The molecule has 0 heterocycles. The molecule has 4 atom stereocenters. The van der Waals surface area contributed by atoms with Crippen molar-refractivity contribution in [1.82, 2.24) is 5.32 Å². The Morgan fingerprint density at radius 2 is 2.12 bits per heavy atom. The van der Waals surface area contributed by atoms with Gasteiger partial charge in [0.05, 0.1) is 5.92 Å². The van der Waals surface area contributed by atoms with Gasteiger partial charge in [0.25, 0.3) is 0 Å². The molecule has 4 heteroatoms.